The third-order valence-electron chi connectivity index (χ3n) is 4.16. The fourth-order valence-corrected chi connectivity index (χ4v) is 2.99. The minimum atomic E-state index is -0.737. The summed E-state index contributed by atoms with van der Waals surface area (Å²) in [7, 11) is 0. The van der Waals surface area contributed by atoms with Gasteiger partial charge in [0, 0.05) is 6.54 Å². The number of hydrogen-bond donors (Lipinski definition) is 0. The van der Waals surface area contributed by atoms with Crippen molar-refractivity contribution in [3.63, 3.8) is 0 Å². The molecule has 0 bridgehead atoms. The molecule has 0 radical (unpaired) electrons. The molecule has 21 heavy (non-hydrogen) atoms. The molecule has 4 nitrogen and oxygen atoms in total. The van der Waals surface area contributed by atoms with Crippen LogP contribution in [0.1, 0.15) is 64.2 Å². The van der Waals surface area contributed by atoms with E-state index in [-0.39, 0.29) is 0 Å². The average Bonchev–Trinajstić information content (AvgIpc) is 2.76. The molecule has 2 heterocycles. The van der Waals surface area contributed by atoms with Gasteiger partial charge in [0.2, 0.25) is 5.88 Å². The molecule has 1 fully saturated rings. The van der Waals surface area contributed by atoms with E-state index in [0.29, 0.717) is 18.8 Å². The SMILES string of the molecule is C=CCC1=C2OC(=O)C(=O)N2CCCCCCCCCC1. The normalized spacial score (nSPS) is 22.0. The highest BCUT2D eigenvalue weighted by atomic mass is 16.6. The summed E-state index contributed by atoms with van der Waals surface area (Å²) in [6, 6.07) is 0. The van der Waals surface area contributed by atoms with Crippen LogP contribution in [-0.2, 0) is 14.3 Å². The van der Waals surface area contributed by atoms with E-state index in [9.17, 15) is 9.59 Å². The van der Waals surface area contributed by atoms with Crippen LogP contribution in [0.2, 0.25) is 0 Å². The summed E-state index contributed by atoms with van der Waals surface area (Å²) in [5.74, 6) is -0.760. The number of esters is 1. The number of ether oxygens (including phenoxy) is 1. The summed E-state index contributed by atoms with van der Waals surface area (Å²) in [6.45, 7) is 4.36. The predicted molar refractivity (Wildman–Crippen MR) is 81.2 cm³/mol. The highest BCUT2D eigenvalue weighted by Crippen LogP contribution is 2.27. The van der Waals surface area contributed by atoms with Crippen molar-refractivity contribution in [3.05, 3.63) is 24.1 Å². The molecule has 0 spiro atoms. The molecule has 2 rings (SSSR count). The molecular weight excluding hydrogens is 266 g/mol. The Balaban J connectivity index is 2.19. The number of carbonyl (C=O) groups is 2. The Labute approximate surface area is 126 Å². The summed E-state index contributed by atoms with van der Waals surface area (Å²) < 4.78 is 5.25. The average molecular weight is 291 g/mol. The van der Waals surface area contributed by atoms with Gasteiger partial charge >= 0.3 is 11.9 Å². The highest BCUT2D eigenvalue weighted by Gasteiger charge is 2.37. The largest absolute Gasteiger partial charge is 0.404 e. The first-order chi connectivity index (χ1) is 10.2. The zero-order chi connectivity index (χ0) is 15.1. The molecule has 0 N–H and O–H groups in total. The lowest BCUT2D eigenvalue weighted by Gasteiger charge is -2.17. The topological polar surface area (TPSA) is 46.6 Å². The van der Waals surface area contributed by atoms with Crippen LogP contribution in [-0.4, -0.2) is 23.3 Å². The summed E-state index contributed by atoms with van der Waals surface area (Å²) in [6.07, 6.45) is 12.7. The maximum atomic E-state index is 12.0. The minimum Gasteiger partial charge on any atom is -0.402 e. The Hall–Kier alpha value is -1.58. The number of amides is 1. The third kappa shape index (κ3) is 4.19. The van der Waals surface area contributed by atoms with Gasteiger partial charge in [-0.05, 0) is 31.3 Å². The van der Waals surface area contributed by atoms with Gasteiger partial charge in [0.05, 0.1) is 0 Å². The van der Waals surface area contributed by atoms with E-state index in [1.54, 1.807) is 4.90 Å². The number of nitrogens with zero attached hydrogens (tertiary/aromatic N) is 1. The Morgan fingerprint density at radius 1 is 1.00 bits per heavy atom. The third-order valence-corrected chi connectivity index (χ3v) is 4.16. The van der Waals surface area contributed by atoms with Crippen molar-refractivity contribution in [2.45, 2.75) is 64.2 Å². The first-order valence-corrected chi connectivity index (χ1v) is 8.10. The molecule has 0 saturated carbocycles. The van der Waals surface area contributed by atoms with E-state index in [1.807, 2.05) is 6.08 Å². The fraction of sp³-hybridized carbons (Fsp3) is 0.647. The van der Waals surface area contributed by atoms with E-state index in [0.717, 1.165) is 31.3 Å². The highest BCUT2D eigenvalue weighted by molar-refractivity contribution is 6.34. The van der Waals surface area contributed by atoms with Gasteiger partial charge in [0.25, 0.3) is 0 Å². The summed E-state index contributed by atoms with van der Waals surface area (Å²) in [4.78, 5) is 25.1. The van der Waals surface area contributed by atoms with Crippen LogP contribution in [0.3, 0.4) is 0 Å². The minimum absolute atomic E-state index is 0.490. The standard InChI is InChI=1S/C17H25NO3/c1-2-11-14-12-9-7-5-3-4-6-8-10-13-18-15(19)17(20)21-16(14)18/h2H,1,3-13H2. The van der Waals surface area contributed by atoms with Crippen LogP contribution in [0.4, 0.5) is 0 Å². The maximum Gasteiger partial charge on any atom is 0.404 e. The van der Waals surface area contributed by atoms with E-state index < -0.39 is 11.9 Å². The molecule has 0 unspecified atom stereocenters. The number of fused-ring (bicyclic) bond motifs is 1. The number of rotatable bonds is 2. The summed E-state index contributed by atoms with van der Waals surface area (Å²) in [5.41, 5.74) is 1.03. The number of allylic oxidation sites excluding steroid dienone is 2. The second kappa shape index (κ2) is 8.01. The van der Waals surface area contributed by atoms with Crippen LogP contribution in [0.15, 0.2) is 24.1 Å². The molecule has 2 aliphatic rings. The van der Waals surface area contributed by atoms with E-state index in [2.05, 4.69) is 6.58 Å². The molecule has 0 aromatic carbocycles. The van der Waals surface area contributed by atoms with E-state index >= 15 is 0 Å². The molecule has 2 aliphatic heterocycles. The maximum absolute atomic E-state index is 12.0. The van der Waals surface area contributed by atoms with Crippen molar-refractivity contribution in [1.82, 2.24) is 4.90 Å². The van der Waals surface area contributed by atoms with Gasteiger partial charge in [0.1, 0.15) is 0 Å². The van der Waals surface area contributed by atoms with Crippen LogP contribution in [0, 0.1) is 0 Å². The lowest BCUT2D eigenvalue weighted by atomic mass is 10.0. The van der Waals surface area contributed by atoms with E-state index in [1.165, 1.54) is 32.1 Å². The van der Waals surface area contributed by atoms with Gasteiger partial charge < -0.3 is 4.74 Å². The Bertz CT molecular complexity index is 439. The Morgan fingerprint density at radius 2 is 1.62 bits per heavy atom. The van der Waals surface area contributed by atoms with Crippen molar-refractivity contribution >= 4 is 11.9 Å². The molecule has 1 saturated heterocycles. The molecular formula is C17H25NO3. The quantitative estimate of drug-likeness (QED) is 0.443. The summed E-state index contributed by atoms with van der Waals surface area (Å²) >= 11 is 0. The summed E-state index contributed by atoms with van der Waals surface area (Å²) in [5, 5.41) is 0. The predicted octanol–water partition coefficient (Wildman–Crippen LogP) is 3.68. The Kier molecular flexibility index (Phi) is 6.03. The second-order valence-electron chi connectivity index (χ2n) is 5.83. The molecule has 0 aromatic rings. The van der Waals surface area contributed by atoms with Crippen molar-refractivity contribution < 1.29 is 14.3 Å². The van der Waals surface area contributed by atoms with Crippen LogP contribution >= 0.6 is 0 Å². The lowest BCUT2D eigenvalue weighted by molar-refractivity contribution is -0.147. The van der Waals surface area contributed by atoms with Gasteiger partial charge in [-0.3, -0.25) is 9.69 Å². The first kappa shape index (κ1) is 15.8. The van der Waals surface area contributed by atoms with Gasteiger partial charge in [-0.15, -0.1) is 6.58 Å². The zero-order valence-corrected chi connectivity index (χ0v) is 12.7. The van der Waals surface area contributed by atoms with E-state index in [4.69, 9.17) is 4.74 Å². The number of hydrogen-bond acceptors (Lipinski definition) is 3. The van der Waals surface area contributed by atoms with Crippen LogP contribution < -0.4 is 0 Å². The molecule has 0 aliphatic carbocycles. The first-order valence-electron chi connectivity index (χ1n) is 8.10. The fourth-order valence-electron chi connectivity index (χ4n) is 2.99. The van der Waals surface area contributed by atoms with Gasteiger partial charge in [-0.25, -0.2) is 4.79 Å². The molecule has 0 aromatic heterocycles. The van der Waals surface area contributed by atoms with Crippen molar-refractivity contribution in [2.75, 3.05) is 6.54 Å². The van der Waals surface area contributed by atoms with Crippen molar-refractivity contribution in [3.8, 4) is 0 Å². The molecule has 116 valence electrons. The lowest BCUT2D eigenvalue weighted by Crippen LogP contribution is -2.28. The molecule has 0 atom stereocenters. The van der Waals surface area contributed by atoms with Crippen LogP contribution in [0.25, 0.3) is 0 Å². The van der Waals surface area contributed by atoms with Gasteiger partial charge in [-0.1, -0.05) is 44.6 Å². The molecule has 4 heteroatoms. The number of carbonyl (C=O) groups excluding carboxylic acids is 2. The van der Waals surface area contributed by atoms with Crippen molar-refractivity contribution in [1.29, 1.82) is 0 Å². The monoisotopic (exact) mass is 291 g/mol. The Morgan fingerprint density at radius 3 is 2.29 bits per heavy atom. The smallest absolute Gasteiger partial charge is 0.402 e. The van der Waals surface area contributed by atoms with Gasteiger partial charge in [-0.2, -0.15) is 0 Å². The van der Waals surface area contributed by atoms with Gasteiger partial charge in [0.15, 0.2) is 0 Å². The zero-order valence-electron chi connectivity index (χ0n) is 12.7. The second-order valence-corrected chi connectivity index (χ2v) is 5.83. The van der Waals surface area contributed by atoms with Crippen molar-refractivity contribution in [2.24, 2.45) is 0 Å². The molecule has 1 amide bonds. The van der Waals surface area contributed by atoms with Crippen LogP contribution in [0.5, 0.6) is 0 Å².